The number of hydrogen-bond acceptors (Lipinski definition) is 10. The molecule has 104 valence electrons. The molecule has 0 amide bonds. The molecule has 0 saturated heterocycles. The zero-order chi connectivity index (χ0) is 14.6. The van der Waals surface area contributed by atoms with Crippen molar-refractivity contribution in [1.29, 1.82) is 0 Å². The van der Waals surface area contributed by atoms with Crippen LogP contribution in [0.25, 0.3) is 0 Å². The standard InChI is InChI=1S/2C4H7NO4.4Na/c2*6-3(7)1-5-2-4(8)9;;;;/h2*5H,1-2H2,(H,6,7)(H,8,9);;;;/q;;4*+1/p-4. The quantitative estimate of drug-likeness (QED) is 0.396. The maximum absolute atomic E-state index is 9.59. The van der Waals surface area contributed by atoms with Crippen LogP contribution in [0.15, 0.2) is 0 Å². The summed E-state index contributed by atoms with van der Waals surface area (Å²) in [5.41, 5.74) is 0. The maximum Gasteiger partial charge on any atom is 1.00 e. The first-order valence-electron chi connectivity index (χ1n) is 4.46. The van der Waals surface area contributed by atoms with Gasteiger partial charge in [-0.1, -0.05) is 0 Å². The van der Waals surface area contributed by atoms with Gasteiger partial charge < -0.3 is 50.2 Å². The minimum Gasteiger partial charge on any atom is -0.549 e. The van der Waals surface area contributed by atoms with Crippen LogP contribution in [0.4, 0.5) is 0 Å². The Hall–Kier alpha value is 1.80. The monoisotopic (exact) mass is 354 g/mol. The van der Waals surface area contributed by atoms with Crippen molar-refractivity contribution in [3.05, 3.63) is 0 Å². The molecular weight excluding hydrogens is 344 g/mol. The Morgan fingerprint density at radius 3 is 0.727 bits per heavy atom. The first-order valence-corrected chi connectivity index (χ1v) is 4.46. The van der Waals surface area contributed by atoms with Gasteiger partial charge in [0, 0.05) is 26.2 Å². The summed E-state index contributed by atoms with van der Waals surface area (Å²) in [6.07, 6.45) is 0. The average molecular weight is 354 g/mol. The summed E-state index contributed by atoms with van der Waals surface area (Å²) < 4.78 is 0. The molecule has 0 rings (SSSR count). The molecule has 0 aromatic heterocycles. The van der Waals surface area contributed by atoms with Crippen LogP contribution in [0.3, 0.4) is 0 Å². The summed E-state index contributed by atoms with van der Waals surface area (Å²) in [6, 6.07) is 0. The molecule has 0 aromatic rings. The number of carboxylic acid groups (broad SMARTS) is 4. The second kappa shape index (κ2) is 27.6. The predicted octanol–water partition coefficient (Wildman–Crippen LogP) is -19.8. The SMILES string of the molecule is O=C([O-])CNCC(=O)[O-].O=C([O-])CNCC(=O)[O-].[Na+].[Na+].[Na+].[Na+]. The Bertz CT molecular complexity index is 261. The third-order valence-electron chi connectivity index (χ3n) is 1.08. The zero-order valence-electron chi connectivity index (χ0n) is 13.1. The predicted molar refractivity (Wildman–Crippen MR) is 45.8 cm³/mol. The zero-order valence-corrected chi connectivity index (χ0v) is 21.1. The van der Waals surface area contributed by atoms with Gasteiger partial charge in [-0.2, -0.15) is 0 Å². The van der Waals surface area contributed by atoms with Gasteiger partial charge in [-0.25, -0.2) is 0 Å². The van der Waals surface area contributed by atoms with Crippen molar-refractivity contribution in [3.8, 4) is 0 Å². The molecule has 0 aliphatic heterocycles. The summed E-state index contributed by atoms with van der Waals surface area (Å²) >= 11 is 0. The molecule has 2 N–H and O–H groups in total. The van der Waals surface area contributed by atoms with Gasteiger partial charge in [0.05, 0.1) is 23.9 Å². The smallest absolute Gasteiger partial charge is 0.549 e. The second-order valence-corrected chi connectivity index (χ2v) is 2.70. The van der Waals surface area contributed by atoms with E-state index in [0.29, 0.717) is 0 Å². The second-order valence-electron chi connectivity index (χ2n) is 2.70. The fourth-order valence-electron chi connectivity index (χ4n) is 0.533. The van der Waals surface area contributed by atoms with Crippen LogP contribution in [-0.2, 0) is 19.2 Å². The fourth-order valence-corrected chi connectivity index (χ4v) is 0.533. The number of carboxylic acids is 4. The van der Waals surface area contributed by atoms with E-state index >= 15 is 0 Å². The van der Waals surface area contributed by atoms with E-state index in [9.17, 15) is 39.6 Å². The van der Waals surface area contributed by atoms with Crippen molar-refractivity contribution >= 4 is 23.9 Å². The summed E-state index contributed by atoms with van der Waals surface area (Å²) in [4.78, 5) is 38.4. The Balaban J connectivity index is -0.0000000492. The van der Waals surface area contributed by atoms with E-state index in [4.69, 9.17) is 0 Å². The van der Waals surface area contributed by atoms with E-state index in [0.717, 1.165) is 0 Å². The Labute approximate surface area is 215 Å². The van der Waals surface area contributed by atoms with Gasteiger partial charge in [0.15, 0.2) is 0 Å². The van der Waals surface area contributed by atoms with E-state index < -0.39 is 50.1 Å². The third-order valence-corrected chi connectivity index (χ3v) is 1.08. The Kier molecular flexibility index (Phi) is 49.1. The summed E-state index contributed by atoms with van der Waals surface area (Å²) in [5, 5.41) is 42.5. The first kappa shape index (κ1) is 39.0. The third kappa shape index (κ3) is 49.5. The largest absolute Gasteiger partial charge is 1.00 e. The minimum absolute atomic E-state index is 0. The molecule has 0 bridgehead atoms. The Morgan fingerprint density at radius 1 is 0.500 bits per heavy atom. The van der Waals surface area contributed by atoms with E-state index in [-0.39, 0.29) is 118 Å². The van der Waals surface area contributed by atoms with E-state index in [1.165, 1.54) is 0 Å². The van der Waals surface area contributed by atoms with Crippen molar-refractivity contribution in [2.75, 3.05) is 26.2 Å². The summed E-state index contributed by atoms with van der Waals surface area (Å²) in [5.74, 6) is -5.35. The van der Waals surface area contributed by atoms with Crippen LogP contribution in [0.1, 0.15) is 0 Å². The molecule has 0 unspecified atom stereocenters. The molecule has 22 heavy (non-hydrogen) atoms. The van der Waals surface area contributed by atoms with Crippen LogP contribution in [0, 0.1) is 0 Å². The molecule has 0 aliphatic rings. The summed E-state index contributed by atoms with van der Waals surface area (Å²) in [7, 11) is 0. The number of aliphatic carboxylic acids is 4. The number of nitrogens with one attached hydrogen (secondary N) is 2. The van der Waals surface area contributed by atoms with Gasteiger partial charge in [0.25, 0.3) is 0 Å². The van der Waals surface area contributed by atoms with Crippen molar-refractivity contribution in [2.24, 2.45) is 0 Å². The first-order chi connectivity index (χ1) is 8.25. The number of carbonyl (C=O) groups excluding carboxylic acids is 4. The van der Waals surface area contributed by atoms with Gasteiger partial charge in [0.1, 0.15) is 0 Å². The maximum atomic E-state index is 9.59. The molecule has 0 aliphatic carbocycles. The Morgan fingerprint density at radius 2 is 0.636 bits per heavy atom. The minimum atomic E-state index is -1.34. The van der Waals surface area contributed by atoms with Gasteiger partial charge in [-0.15, -0.1) is 0 Å². The van der Waals surface area contributed by atoms with Crippen LogP contribution >= 0.6 is 0 Å². The van der Waals surface area contributed by atoms with Gasteiger partial charge in [0.2, 0.25) is 0 Å². The van der Waals surface area contributed by atoms with Gasteiger partial charge in [-0.3, -0.25) is 0 Å². The number of hydrogen-bond donors (Lipinski definition) is 2. The van der Waals surface area contributed by atoms with Gasteiger partial charge in [-0.05, 0) is 0 Å². The topological polar surface area (TPSA) is 185 Å². The number of carbonyl (C=O) groups is 4. The van der Waals surface area contributed by atoms with Crippen molar-refractivity contribution in [1.82, 2.24) is 10.6 Å². The molecule has 0 fully saturated rings. The van der Waals surface area contributed by atoms with Crippen molar-refractivity contribution in [2.45, 2.75) is 0 Å². The molecule has 0 spiro atoms. The average Bonchev–Trinajstić information content (AvgIpc) is 2.15. The molecule has 0 saturated carbocycles. The molecule has 0 radical (unpaired) electrons. The van der Waals surface area contributed by atoms with Crippen LogP contribution in [0.5, 0.6) is 0 Å². The van der Waals surface area contributed by atoms with E-state index in [1.807, 2.05) is 0 Å². The molecule has 0 heterocycles. The van der Waals surface area contributed by atoms with Crippen LogP contribution < -0.4 is 149 Å². The van der Waals surface area contributed by atoms with Crippen LogP contribution in [0.2, 0.25) is 0 Å². The number of rotatable bonds is 8. The van der Waals surface area contributed by atoms with E-state index in [2.05, 4.69) is 10.6 Å². The van der Waals surface area contributed by atoms with Crippen molar-refractivity contribution in [3.63, 3.8) is 0 Å². The molecule has 10 nitrogen and oxygen atoms in total. The molecule has 0 aromatic carbocycles. The molecule has 0 atom stereocenters. The van der Waals surface area contributed by atoms with Gasteiger partial charge >= 0.3 is 118 Å². The van der Waals surface area contributed by atoms with Crippen molar-refractivity contribution < 1.29 is 158 Å². The van der Waals surface area contributed by atoms with E-state index in [1.54, 1.807) is 0 Å². The summed E-state index contributed by atoms with van der Waals surface area (Å²) in [6.45, 7) is -1.86. The van der Waals surface area contributed by atoms with Crippen LogP contribution in [-0.4, -0.2) is 50.1 Å². The normalized spacial score (nSPS) is 7.27. The molecule has 14 heteroatoms. The molecular formula is C8H10N2Na4O8. The fraction of sp³-hybridized carbons (Fsp3) is 0.500.